The van der Waals surface area contributed by atoms with E-state index < -0.39 is 5.91 Å². The van der Waals surface area contributed by atoms with Crippen molar-refractivity contribution in [3.63, 3.8) is 0 Å². The Labute approximate surface area is 121 Å². The molecule has 20 heavy (non-hydrogen) atoms. The normalized spacial score (nSPS) is 20.4. The molecule has 1 fully saturated rings. The first kappa shape index (κ1) is 15.0. The summed E-state index contributed by atoms with van der Waals surface area (Å²) in [4.78, 5) is 27.6. The van der Waals surface area contributed by atoms with Gasteiger partial charge in [0, 0.05) is 32.7 Å². The number of likely N-dealkylation sites (N-methyl/N-ethyl adjacent to an activating group) is 1. The Bertz CT molecular complexity index is 385. The lowest BCUT2D eigenvalue weighted by atomic mass is 9.97. The molecular weight excluding hydrogens is 254 g/mol. The summed E-state index contributed by atoms with van der Waals surface area (Å²) >= 11 is 0. The van der Waals surface area contributed by atoms with Crippen LogP contribution in [0.5, 0.6) is 0 Å². The van der Waals surface area contributed by atoms with E-state index in [9.17, 15) is 9.59 Å². The molecule has 0 saturated carbocycles. The van der Waals surface area contributed by atoms with Crippen LogP contribution in [0, 0.1) is 0 Å². The minimum Gasteiger partial charge on any atom is -0.348 e. The van der Waals surface area contributed by atoms with E-state index in [4.69, 9.17) is 0 Å². The van der Waals surface area contributed by atoms with Crippen molar-refractivity contribution in [2.45, 2.75) is 32.1 Å². The third kappa shape index (κ3) is 4.34. The lowest BCUT2D eigenvalue weighted by Gasteiger charge is -2.31. The molecule has 0 aromatic heterocycles. The van der Waals surface area contributed by atoms with Crippen molar-refractivity contribution in [2.75, 3.05) is 39.8 Å². The molecule has 0 aromatic carbocycles. The van der Waals surface area contributed by atoms with Crippen LogP contribution in [0.2, 0.25) is 0 Å². The first-order valence-electron chi connectivity index (χ1n) is 7.60. The number of rotatable bonds is 3. The van der Waals surface area contributed by atoms with Gasteiger partial charge < -0.3 is 15.1 Å². The van der Waals surface area contributed by atoms with Crippen molar-refractivity contribution in [3.05, 3.63) is 11.6 Å². The van der Waals surface area contributed by atoms with Gasteiger partial charge in [-0.05, 0) is 39.2 Å². The molecule has 0 aromatic rings. The first-order chi connectivity index (χ1) is 9.66. The zero-order valence-corrected chi connectivity index (χ0v) is 12.4. The first-order valence-corrected chi connectivity index (χ1v) is 7.60. The Hall–Kier alpha value is -1.36. The van der Waals surface area contributed by atoms with E-state index in [1.54, 1.807) is 4.90 Å². The molecule has 5 nitrogen and oxygen atoms in total. The number of allylic oxidation sites excluding steroid dienone is 1. The Balaban J connectivity index is 1.68. The molecule has 1 saturated heterocycles. The van der Waals surface area contributed by atoms with Gasteiger partial charge in [0.2, 0.25) is 0 Å². The maximum Gasteiger partial charge on any atom is 0.311 e. The molecule has 1 heterocycles. The van der Waals surface area contributed by atoms with Crippen molar-refractivity contribution in [3.8, 4) is 0 Å². The summed E-state index contributed by atoms with van der Waals surface area (Å²) in [5, 5.41) is 2.75. The second kappa shape index (κ2) is 7.43. The average Bonchev–Trinajstić information content (AvgIpc) is 2.48. The molecule has 1 N–H and O–H groups in total. The van der Waals surface area contributed by atoms with Gasteiger partial charge in [-0.25, -0.2) is 0 Å². The maximum absolute atomic E-state index is 12.0. The van der Waals surface area contributed by atoms with Crippen LogP contribution in [-0.4, -0.2) is 61.4 Å². The molecule has 1 aliphatic heterocycles. The number of hydrogen-bond donors (Lipinski definition) is 1. The van der Waals surface area contributed by atoms with E-state index in [1.807, 2.05) is 7.05 Å². The summed E-state index contributed by atoms with van der Waals surface area (Å²) in [6.45, 7) is 3.55. The van der Waals surface area contributed by atoms with Crippen LogP contribution < -0.4 is 5.32 Å². The number of nitrogens with zero attached hydrogens (tertiary/aromatic N) is 2. The monoisotopic (exact) mass is 279 g/mol. The molecule has 0 radical (unpaired) electrons. The van der Waals surface area contributed by atoms with Crippen molar-refractivity contribution < 1.29 is 9.59 Å². The van der Waals surface area contributed by atoms with Gasteiger partial charge in [-0.3, -0.25) is 9.59 Å². The summed E-state index contributed by atoms with van der Waals surface area (Å²) in [5.41, 5.74) is 1.42. The molecule has 0 unspecified atom stereocenters. The number of carbonyl (C=O) groups excluding carboxylic acids is 2. The second-order valence-electron chi connectivity index (χ2n) is 5.71. The van der Waals surface area contributed by atoms with Gasteiger partial charge in [0.25, 0.3) is 0 Å². The number of piperazine rings is 1. The van der Waals surface area contributed by atoms with Crippen LogP contribution in [-0.2, 0) is 9.59 Å². The van der Waals surface area contributed by atoms with Gasteiger partial charge in [-0.1, -0.05) is 11.6 Å². The molecule has 0 bridgehead atoms. The molecule has 112 valence electrons. The standard InChI is InChI=1S/C15H25N3O2/c1-17-9-11-18(12-10-17)15(20)14(19)16-8-7-13-5-3-2-4-6-13/h5H,2-4,6-12H2,1H3,(H,16,19). The topological polar surface area (TPSA) is 52.7 Å². The van der Waals surface area contributed by atoms with Crippen LogP contribution in [0.1, 0.15) is 32.1 Å². The summed E-state index contributed by atoms with van der Waals surface area (Å²) in [7, 11) is 2.03. The third-order valence-corrected chi connectivity index (χ3v) is 4.10. The highest BCUT2D eigenvalue weighted by molar-refractivity contribution is 6.35. The van der Waals surface area contributed by atoms with E-state index in [-0.39, 0.29) is 5.91 Å². The summed E-state index contributed by atoms with van der Waals surface area (Å²) in [6.07, 6.45) is 7.98. The van der Waals surface area contributed by atoms with Gasteiger partial charge >= 0.3 is 11.8 Å². The predicted octanol–water partition coefficient (Wildman–Crippen LogP) is 0.767. The van der Waals surface area contributed by atoms with Gasteiger partial charge in [0.05, 0.1) is 0 Å². The minimum absolute atomic E-state index is 0.379. The Kier molecular flexibility index (Phi) is 5.59. The van der Waals surface area contributed by atoms with Gasteiger partial charge in [-0.2, -0.15) is 0 Å². The zero-order valence-electron chi connectivity index (χ0n) is 12.4. The zero-order chi connectivity index (χ0) is 14.4. The Morgan fingerprint density at radius 2 is 1.95 bits per heavy atom. The van der Waals surface area contributed by atoms with E-state index in [1.165, 1.54) is 18.4 Å². The minimum atomic E-state index is -0.453. The van der Waals surface area contributed by atoms with Crippen molar-refractivity contribution in [2.24, 2.45) is 0 Å². The quantitative estimate of drug-likeness (QED) is 0.613. The van der Waals surface area contributed by atoms with Crippen molar-refractivity contribution in [1.82, 2.24) is 15.1 Å². The fourth-order valence-electron chi connectivity index (χ4n) is 2.70. The lowest BCUT2D eigenvalue weighted by Crippen LogP contribution is -2.51. The van der Waals surface area contributed by atoms with Crippen LogP contribution in [0.4, 0.5) is 0 Å². The van der Waals surface area contributed by atoms with E-state index in [0.717, 1.165) is 32.4 Å². The second-order valence-corrected chi connectivity index (χ2v) is 5.71. The predicted molar refractivity (Wildman–Crippen MR) is 78.3 cm³/mol. The van der Waals surface area contributed by atoms with Crippen LogP contribution in [0.25, 0.3) is 0 Å². The molecule has 0 atom stereocenters. The van der Waals surface area contributed by atoms with Crippen molar-refractivity contribution >= 4 is 11.8 Å². The number of hydrogen-bond acceptors (Lipinski definition) is 3. The molecular formula is C15H25N3O2. The van der Waals surface area contributed by atoms with E-state index in [2.05, 4.69) is 16.3 Å². The molecule has 2 amide bonds. The lowest BCUT2D eigenvalue weighted by molar-refractivity contribution is -0.146. The van der Waals surface area contributed by atoms with Crippen molar-refractivity contribution in [1.29, 1.82) is 0 Å². The van der Waals surface area contributed by atoms with E-state index in [0.29, 0.717) is 19.6 Å². The highest BCUT2D eigenvalue weighted by Crippen LogP contribution is 2.19. The number of nitrogens with one attached hydrogen (secondary N) is 1. The summed E-state index contributed by atoms with van der Waals surface area (Å²) in [5.74, 6) is -0.832. The van der Waals surface area contributed by atoms with Crippen LogP contribution in [0.15, 0.2) is 11.6 Å². The number of amides is 2. The molecule has 0 spiro atoms. The fraction of sp³-hybridized carbons (Fsp3) is 0.733. The maximum atomic E-state index is 12.0. The average molecular weight is 279 g/mol. The highest BCUT2D eigenvalue weighted by Gasteiger charge is 2.24. The van der Waals surface area contributed by atoms with Crippen LogP contribution >= 0.6 is 0 Å². The SMILES string of the molecule is CN1CCN(C(=O)C(=O)NCCC2=CCCCC2)CC1. The van der Waals surface area contributed by atoms with E-state index >= 15 is 0 Å². The van der Waals surface area contributed by atoms with Crippen LogP contribution in [0.3, 0.4) is 0 Å². The summed E-state index contributed by atoms with van der Waals surface area (Å²) in [6, 6.07) is 0. The van der Waals surface area contributed by atoms with Gasteiger partial charge in [0.1, 0.15) is 0 Å². The van der Waals surface area contributed by atoms with Gasteiger partial charge in [-0.15, -0.1) is 0 Å². The molecule has 2 aliphatic rings. The van der Waals surface area contributed by atoms with Gasteiger partial charge in [0.15, 0.2) is 0 Å². The number of carbonyl (C=O) groups is 2. The Morgan fingerprint density at radius 1 is 1.20 bits per heavy atom. The summed E-state index contributed by atoms with van der Waals surface area (Å²) < 4.78 is 0. The Morgan fingerprint density at radius 3 is 2.60 bits per heavy atom. The molecule has 2 rings (SSSR count). The largest absolute Gasteiger partial charge is 0.348 e. The third-order valence-electron chi connectivity index (χ3n) is 4.10. The fourth-order valence-corrected chi connectivity index (χ4v) is 2.70. The molecule has 5 heteroatoms. The smallest absolute Gasteiger partial charge is 0.311 e. The molecule has 1 aliphatic carbocycles. The highest BCUT2D eigenvalue weighted by atomic mass is 16.2.